The summed E-state index contributed by atoms with van der Waals surface area (Å²) in [5, 5.41) is 0. The van der Waals surface area contributed by atoms with E-state index in [1.807, 2.05) is 0 Å². The van der Waals surface area contributed by atoms with Gasteiger partial charge in [-0.2, -0.15) is 0 Å². The number of nitrogens with two attached hydrogens (primary N) is 1. The Morgan fingerprint density at radius 3 is 2.41 bits per heavy atom. The molecule has 0 amide bonds. The minimum atomic E-state index is -0.194. The summed E-state index contributed by atoms with van der Waals surface area (Å²) in [5.74, 6) is 0.960. The number of rotatable bonds is 2. The van der Waals surface area contributed by atoms with Crippen molar-refractivity contribution in [1.82, 2.24) is 0 Å². The highest BCUT2D eigenvalue weighted by Crippen LogP contribution is 2.45. The molecule has 0 spiro atoms. The first-order valence-electron chi connectivity index (χ1n) is 6.12. The summed E-state index contributed by atoms with van der Waals surface area (Å²) in [4.78, 5) is 0. The van der Waals surface area contributed by atoms with Crippen molar-refractivity contribution in [2.75, 3.05) is 7.11 Å². The van der Waals surface area contributed by atoms with E-state index in [4.69, 9.17) is 10.5 Å². The second-order valence-corrected chi connectivity index (χ2v) is 5.93. The molecule has 1 fully saturated rings. The molecule has 0 aliphatic heterocycles. The molecule has 0 radical (unpaired) electrons. The second-order valence-electron chi connectivity index (χ2n) is 5.07. The fourth-order valence-corrected chi connectivity index (χ4v) is 3.50. The van der Waals surface area contributed by atoms with Crippen molar-refractivity contribution >= 4 is 15.9 Å². The van der Waals surface area contributed by atoms with E-state index >= 15 is 0 Å². The third-order valence-electron chi connectivity index (χ3n) is 3.86. The number of aryl methyl sites for hydroxylation is 1. The van der Waals surface area contributed by atoms with Crippen LogP contribution in [0.25, 0.3) is 0 Å². The first-order valence-corrected chi connectivity index (χ1v) is 6.92. The minimum Gasteiger partial charge on any atom is -0.496 e. The molecule has 0 heterocycles. The monoisotopic (exact) mass is 297 g/mol. The average molecular weight is 298 g/mol. The summed E-state index contributed by atoms with van der Waals surface area (Å²) < 4.78 is 6.70. The van der Waals surface area contributed by atoms with Crippen molar-refractivity contribution in [3.63, 3.8) is 0 Å². The van der Waals surface area contributed by atoms with Gasteiger partial charge < -0.3 is 10.5 Å². The van der Waals surface area contributed by atoms with Crippen LogP contribution in [0.3, 0.4) is 0 Å². The molecule has 94 valence electrons. The average Bonchev–Trinajstić information content (AvgIpc) is 2.70. The maximum absolute atomic E-state index is 6.58. The first-order chi connectivity index (χ1) is 7.99. The maximum atomic E-state index is 6.58. The van der Waals surface area contributed by atoms with Crippen molar-refractivity contribution in [2.45, 2.75) is 45.1 Å². The molecule has 1 aliphatic rings. The maximum Gasteiger partial charge on any atom is 0.128 e. The van der Waals surface area contributed by atoms with Crippen LogP contribution in [0.4, 0.5) is 0 Å². The lowest BCUT2D eigenvalue weighted by molar-refractivity contribution is 0.375. The zero-order chi connectivity index (χ0) is 12.6. The van der Waals surface area contributed by atoms with Gasteiger partial charge >= 0.3 is 0 Å². The molecule has 2 rings (SSSR count). The smallest absolute Gasteiger partial charge is 0.128 e. The minimum absolute atomic E-state index is 0.194. The van der Waals surface area contributed by atoms with Crippen LogP contribution in [0.5, 0.6) is 5.75 Å². The van der Waals surface area contributed by atoms with Gasteiger partial charge in [0.15, 0.2) is 0 Å². The van der Waals surface area contributed by atoms with E-state index < -0.39 is 0 Å². The topological polar surface area (TPSA) is 35.2 Å². The highest BCUT2D eigenvalue weighted by Gasteiger charge is 2.36. The van der Waals surface area contributed by atoms with Gasteiger partial charge in [-0.05, 0) is 38.3 Å². The second kappa shape index (κ2) is 4.62. The van der Waals surface area contributed by atoms with Crippen LogP contribution in [0.15, 0.2) is 10.5 Å². The Hall–Kier alpha value is -0.540. The molecule has 1 aliphatic carbocycles. The Morgan fingerprint density at radius 1 is 1.29 bits per heavy atom. The molecule has 0 aromatic heterocycles. The van der Waals surface area contributed by atoms with E-state index in [0.717, 1.165) is 28.6 Å². The van der Waals surface area contributed by atoms with Crippen molar-refractivity contribution in [2.24, 2.45) is 5.73 Å². The number of hydrogen-bond acceptors (Lipinski definition) is 2. The lowest BCUT2D eigenvalue weighted by Crippen LogP contribution is -2.34. The Kier molecular flexibility index (Phi) is 3.50. The van der Waals surface area contributed by atoms with Crippen molar-refractivity contribution in [3.8, 4) is 5.75 Å². The Morgan fingerprint density at radius 2 is 1.88 bits per heavy atom. The number of halogens is 1. The van der Waals surface area contributed by atoms with Gasteiger partial charge in [0.25, 0.3) is 0 Å². The van der Waals surface area contributed by atoms with Gasteiger partial charge in [0.05, 0.1) is 7.11 Å². The lowest BCUT2D eigenvalue weighted by atomic mass is 9.84. The fourth-order valence-electron chi connectivity index (χ4n) is 2.98. The van der Waals surface area contributed by atoms with E-state index in [-0.39, 0.29) is 5.54 Å². The zero-order valence-corrected chi connectivity index (χ0v) is 12.4. The molecule has 1 saturated carbocycles. The van der Waals surface area contributed by atoms with Gasteiger partial charge in [-0.1, -0.05) is 28.8 Å². The van der Waals surface area contributed by atoms with Gasteiger partial charge in [0, 0.05) is 21.1 Å². The van der Waals surface area contributed by atoms with Crippen molar-refractivity contribution < 1.29 is 4.74 Å². The fraction of sp³-hybridized carbons (Fsp3) is 0.571. The lowest BCUT2D eigenvalue weighted by Gasteiger charge is -2.29. The van der Waals surface area contributed by atoms with Crippen LogP contribution in [0.1, 0.15) is 42.4 Å². The number of methoxy groups -OCH3 is 1. The van der Waals surface area contributed by atoms with Crippen LogP contribution in [0, 0.1) is 13.8 Å². The Labute approximate surface area is 112 Å². The van der Waals surface area contributed by atoms with E-state index in [9.17, 15) is 0 Å². The van der Waals surface area contributed by atoms with Crippen LogP contribution < -0.4 is 10.5 Å². The van der Waals surface area contributed by atoms with Gasteiger partial charge in [-0.3, -0.25) is 0 Å². The number of benzene rings is 1. The molecular weight excluding hydrogens is 278 g/mol. The van der Waals surface area contributed by atoms with Crippen LogP contribution in [-0.2, 0) is 5.54 Å². The molecule has 2 N–H and O–H groups in total. The molecule has 1 aromatic carbocycles. The largest absolute Gasteiger partial charge is 0.496 e. The highest BCUT2D eigenvalue weighted by molar-refractivity contribution is 9.10. The first kappa shape index (κ1) is 12.9. The molecule has 0 bridgehead atoms. The predicted molar refractivity (Wildman–Crippen MR) is 74.5 cm³/mol. The molecule has 0 saturated heterocycles. The number of hydrogen-bond donors (Lipinski definition) is 1. The van der Waals surface area contributed by atoms with E-state index in [1.165, 1.54) is 24.0 Å². The Bertz CT molecular complexity index is 436. The normalized spacial score (nSPS) is 18.4. The summed E-state index contributed by atoms with van der Waals surface area (Å²) >= 11 is 3.58. The van der Waals surface area contributed by atoms with Gasteiger partial charge in [0.1, 0.15) is 5.75 Å². The zero-order valence-electron chi connectivity index (χ0n) is 10.8. The molecular formula is C14H20BrNO. The molecule has 17 heavy (non-hydrogen) atoms. The van der Waals surface area contributed by atoms with E-state index in [1.54, 1.807) is 7.11 Å². The quantitative estimate of drug-likeness (QED) is 0.901. The number of ether oxygens (including phenoxy) is 1. The molecule has 2 nitrogen and oxygen atoms in total. The Balaban J connectivity index is 2.63. The van der Waals surface area contributed by atoms with Gasteiger partial charge in [-0.15, -0.1) is 0 Å². The van der Waals surface area contributed by atoms with Crippen LogP contribution in [-0.4, -0.2) is 7.11 Å². The van der Waals surface area contributed by atoms with Crippen LogP contribution >= 0.6 is 15.9 Å². The summed E-state index contributed by atoms with van der Waals surface area (Å²) in [6.45, 7) is 4.19. The van der Waals surface area contributed by atoms with E-state index in [2.05, 4.69) is 35.8 Å². The molecule has 1 aromatic rings. The molecule has 3 heteroatoms. The predicted octanol–water partition coefficient (Wildman–Crippen LogP) is 3.80. The summed E-state index contributed by atoms with van der Waals surface area (Å²) in [6, 6.07) is 2.15. The van der Waals surface area contributed by atoms with E-state index in [0.29, 0.717) is 0 Å². The standard InChI is InChI=1S/C14H20BrNO/c1-9-8-11(15)10(2)13(17-3)12(9)14(16)6-4-5-7-14/h8H,4-7,16H2,1-3H3. The SMILES string of the molecule is COc1c(C)c(Br)cc(C)c1C1(N)CCCC1. The third kappa shape index (κ3) is 2.11. The molecule has 0 unspecified atom stereocenters. The summed E-state index contributed by atoms with van der Waals surface area (Å²) in [6.07, 6.45) is 4.55. The summed E-state index contributed by atoms with van der Waals surface area (Å²) in [5.41, 5.74) is 9.96. The summed E-state index contributed by atoms with van der Waals surface area (Å²) in [7, 11) is 1.73. The van der Waals surface area contributed by atoms with Crippen molar-refractivity contribution in [3.05, 3.63) is 27.2 Å². The van der Waals surface area contributed by atoms with Crippen molar-refractivity contribution in [1.29, 1.82) is 0 Å². The van der Waals surface area contributed by atoms with Gasteiger partial charge in [0.2, 0.25) is 0 Å². The van der Waals surface area contributed by atoms with Gasteiger partial charge in [-0.25, -0.2) is 0 Å². The third-order valence-corrected chi connectivity index (χ3v) is 4.68. The molecule has 0 atom stereocenters. The highest BCUT2D eigenvalue weighted by atomic mass is 79.9. The van der Waals surface area contributed by atoms with Crippen LogP contribution in [0.2, 0.25) is 0 Å².